The predicted octanol–water partition coefficient (Wildman–Crippen LogP) is 0.742. The molecule has 0 aromatic carbocycles. The first-order valence-corrected chi connectivity index (χ1v) is 9.66. The van der Waals surface area contributed by atoms with Crippen LogP contribution in [0.2, 0.25) is 0 Å². The van der Waals surface area contributed by atoms with Crippen molar-refractivity contribution < 1.29 is 4.79 Å². The summed E-state index contributed by atoms with van der Waals surface area (Å²) in [6, 6.07) is 0.00228. The number of likely N-dealkylation sites (tertiary alicyclic amines) is 1. The molecule has 3 rings (SSSR count). The number of nitrogens with zero attached hydrogens (tertiary/aromatic N) is 6. The quantitative estimate of drug-likeness (QED) is 0.770. The zero-order valence-electron chi connectivity index (χ0n) is 17.2. The number of amides is 1. The Kier molecular flexibility index (Phi) is 5.53. The second kappa shape index (κ2) is 7.73. The highest BCUT2D eigenvalue weighted by Gasteiger charge is 2.30. The summed E-state index contributed by atoms with van der Waals surface area (Å²) in [6.07, 6.45) is 3.14. The molecule has 1 atom stereocenters. The van der Waals surface area contributed by atoms with Gasteiger partial charge in [-0.05, 0) is 40.5 Å². The molecular formula is C19H28N6O3. The predicted molar refractivity (Wildman–Crippen MR) is 104 cm³/mol. The second-order valence-corrected chi connectivity index (χ2v) is 7.80. The largest absolute Gasteiger partial charge is 0.345 e. The molecule has 9 heteroatoms. The van der Waals surface area contributed by atoms with Crippen LogP contribution in [0.4, 0.5) is 0 Å². The van der Waals surface area contributed by atoms with Crippen LogP contribution in [-0.2, 0) is 18.4 Å². The Morgan fingerprint density at radius 1 is 1.29 bits per heavy atom. The van der Waals surface area contributed by atoms with Gasteiger partial charge in [-0.2, -0.15) is 5.10 Å². The Bertz CT molecular complexity index is 1000. The number of rotatable bonds is 4. The highest BCUT2D eigenvalue weighted by atomic mass is 16.2. The molecule has 9 nitrogen and oxygen atoms in total. The third-order valence-electron chi connectivity index (χ3n) is 5.46. The van der Waals surface area contributed by atoms with E-state index in [1.165, 1.54) is 15.6 Å². The topological polar surface area (TPSA) is 95.0 Å². The SMILES string of the molecule is Cc1ncn(CC(=O)N2CCCC(c3nn(C)c(=O)n3C(C)C)C2)c(=O)c1C. The van der Waals surface area contributed by atoms with Crippen molar-refractivity contribution in [2.45, 2.75) is 59.0 Å². The van der Waals surface area contributed by atoms with Crippen molar-refractivity contribution in [2.75, 3.05) is 13.1 Å². The number of carbonyl (C=O) groups excluding carboxylic acids is 1. The molecule has 1 unspecified atom stereocenters. The van der Waals surface area contributed by atoms with Gasteiger partial charge in [-0.15, -0.1) is 0 Å². The van der Waals surface area contributed by atoms with Crippen LogP contribution in [0.1, 0.15) is 55.7 Å². The molecule has 0 N–H and O–H groups in total. The fourth-order valence-electron chi connectivity index (χ4n) is 3.71. The molecule has 152 valence electrons. The van der Waals surface area contributed by atoms with Gasteiger partial charge in [0, 0.05) is 43.4 Å². The Hall–Kier alpha value is -2.71. The lowest BCUT2D eigenvalue weighted by Gasteiger charge is -2.32. The van der Waals surface area contributed by atoms with Crippen LogP contribution in [0.3, 0.4) is 0 Å². The summed E-state index contributed by atoms with van der Waals surface area (Å²) in [5, 5.41) is 4.43. The molecule has 1 fully saturated rings. The van der Waals surface area contributed by atoms with Gasteiger partial charge >= 0.3 is 5.69 Å². The first kappa shape index (κ1) is 20.0. The molecule has 3 heterocycles. The van der Waals surface area contributed by atoms with E-state index in [1.54, 1.807) is 30.4 Å². The minimum absolute atomic E-state index is 0.00228. The van der Waals surface area contributed by atoms with Crippen LogP contribution in [0.15, 0.2) is 15.9 Å². The number of hydrogen-bond acceptors (Lipinski definition) is 5. The minimum atomic E-state index is -0.187. The first-order valence-electron chi connectivity index (χ1n) is 9.66. The van der Waals surface area contributed by atoms with Crippen molar-refractivity contribution in [1.29, 1.82) is 0 Å². The molecule has 0 saturated carbocycles. The van der Waals surface area contributed by atoms with Crippen molar-refractivity contribution in [2.24, 2.45) is 7.05 Å². The maximum Gasteiger partial charge on any atom is 0.345 e. The van der Waals surface area contributed by atoms with Gasteiger partial charge in [0.05, 0.1) is 6.33 Å². The van der Waals surface area contributed by atoms with E-state index in [0.29, 0.717) is 24.3 Å². The summed E-state index contributed by atoms with van der Waals surface area (Å²) in [6.45, 7) is 8.51. The molecule has 0 spiro atoms. The van der Waals surface area contributed by atoms with Crippen molar-refractivity contribution in [3.8, 4) is 0 Å². The third-order valence-corrected chi connectivity index (χ3v) is 5.46. The van der Waals surface area contributed by atoms with E-state index in [1.807, 2.05) is 13.8 Å². The summed E-state index contributed by atoms with van der Waals surface area (Å²) in [4.78, 5) is 43.5. The third kappa shape index (κ3) is 3.65. The van der Waals surface area contributed by atoms with E-state index >= 15 is 0 Å². The molecule has 0 bridgehead atoms. The number of piperidine rings is 1. The van der Waals surface area contributed by atoms with E-state index in [9.17, 15) is 14.4 Å². The zero-order chi connectivity index (χ0) is 20.6. The van der Waals surface area contributed by atoms with Gasteiger partial charge in [0.1, 0.15) is 12.4 Å². The molecule has 1 aliphatic rings. The van der Waals surface area contributed by atoms with E-state index in [4.69, 9.17) is 0 Å². The molecule has 2 aromatic heterocycles. The summed E-state index contributed by atoms with van der Waals surface area (Å²) in [7, 11) is 1.65. The molecule has 0 radical (unpaired) electrons. The van der Waals surface area contributed by atoms with Crippen LogP contribution in [-0.4, -0.2) is 47.8 Å². The summed E-state index contributed by atoms with van der Waals surface area (Å²) in [5.41, 5.74) is 0.906. The van der Waals surface area contributed by atoms with E-state index in [-0.39, 0.29) is 35.7 Å². The smallest absolute Gasteiger partial charge is 0.340 e. The van der Waals surface area contributed by atoms with Gasteiger partial charge in [0.25, 0.3) is 5.56 Å². The molecule has 0 aliphatic carbocycles. The number of hydrogen-bond donors (Lipinski definition) is 0. The Morgan fingerprint density at radius 3 is 2.68 bits per heavy atom. The van der Waals surface area contributed by atoms with Crippen LogP contribution in [0.25, 0.3) is 0 Å². The normalized spacial score (nSPS) is 17.4. The zero-order valence-corrected chi connectivity index (χ0v) is 17.2. The van der Waals surface area contributed by atoms with Gasteiger partial charge in [-0.3, -0.25) is 18.7 Å². The molecule has 1 amide bonds. The van der Waals surface area contributed by atoms with Crippen LogP contribution in [0, 0.1) is 13.8 Å². The highest BCUT2D eigenvalue weighted by Crippen LogP contribution is 2.26. The Labute approximate surface area is 163 Å². The summed E-state index contributed by atoms with van der Waals surface area (Å²) >= 11 is 0. The van der Waals surface area contributed by atoms with Gasteiger partial charge in [-0.1, -0.05) is 0 Å². The first-order chi connectivity index (χ1) is 13.2. The Morgan fingerprint density at radius 2 is 2.00 bits per heavy atom. The van der Waals surface area contributed by atoms with Crippen LogP contribution in [0.5, 0.6) is 0 Å². The second-order valence-electron chi connectivity index (χ2n) is 7.80. The van der Waals surface area contributed by atoms with Crippen molar-refractivity contribution >= 4 is 5.91 Å². The summed E-state index contributed by atoms with van der Waals surface area (Å²) in [5.74, 6) is 0.611. The fourth-order valence-corrected chi connectivity index (χ4v) is 3.71. The molecule has 1 aliphatic heterocycles. The Balaban J connectivity index is 1.80. The van der Waals surface area contributed by atoms with Crippen molar-refractivity contribution in [1.82, 2.24) is 28.8 Å². The molecule has 1 saturated heterocycles. The average Bonchev–Trinajstić information content (AvgIpc) is 2.97. The lowest BCUT2D eigenvalue weighted by molar-refractivity contribution is -0.133. The maximum absolute atomic E-state index is 12.8. The molecular weight excluding hydrogens is 360 g/mol. The van der Waals surface area contributed by atoms with E-state index in [2.05, 4.69) is 10.1 Å². The summed E-state index contributed by atoms with van der Waals surface area (Å²) < 4.78 is 4.42. The lowest BCUT2D eigenvalue weighted by Crippen LogP contribution is -2.43. The maximum atomic E-state index is 12.8. The monoisotopic (exact) mass is 388 g/mol. The standard InChI is InChI=1S/C19H28N6O3/c1-12(2)25-17(21-22(5)19(25)28)15-7-6-8-23(9-15)16(26)10-24-11-20-14(4)13(3)18(24)27/h11-12,15H,6-10H2,1-5H3. The number of aromatic nitrogens is 5. The van der Waals surface area contributed by atoms with Crippen molar-refractivity contribution in [3.63, 3.8) is 0 Å². The van der Waals surface area contributed by atoms with Crippen LogP contribution >= 0.6 is 0 Å². The van der Waals surface area contributed by atoms with E-state index in [0.717, 1.165) is 18.7 Å². The highest BCUT2D eigenvalue weighted by molar-refractivity contribution is 5.76. The van der Waals surface area contributed by atoms with Gasteiger partial charge in [-0.25, -0.2) is 14.5 Å². The lowest BCUT2D eigenvalue weighted by atomic mass is 9.96. The van der Waals surface area contributed by atoms with Crippen molar-refractivity contribution in [3.05, 3.63) is 44.2 Å². The van der Waals surface area contributed by atoms with Crippen LogP contribution < -0.4 is 11.2 Å². The molecule has 2 aromatic rings. The fraction of sp³-hybridized carbons (Fsp3) is 0.632. The molecule has 28 heavy (non-hydrogen) atoms. The van der Waals surface area contributed by atoms with Gasteiger partial charge in [0.2, 0.25) is 5.91 Å². The van der Waals surface area contributed by atoms with E-state index < -0.39 is 0 Å². The van der Waals surface area contributed by atoms with Gasteiger partial charge in [0.15, 0.2) is 0 Å². The number of aryl methyl sites for hydroxylation is 2. The number of carbonyl (C=O) groups is 1. The average molecular weight is 388 g/mol. The van der Waals surface area contributed by atoms with Gasteiger partial charge < -0.3 is 4.90 Å². The minimum Gasteiger partial charge on any atom is -0.340 e.